The fourth-order valence-corrected chi connectivity index (χ4v) is 3.00. The van der Waals surface area contributed by atoms with Crippen molar-refractivity contribution in [2.24, 2.45) is 0 Å². The largest absolute Gasteiger partial charge is 0.497 e. The van der Waals surface area contributed by atoms with E-state index in [9.17, 15) is 18.5 Å². The predicted octanol–water partition coefficient (Wildman–Crippen LogP) is 2.39. The number of hydrogen-bond donors (Lipinski definition) is 1. The Morgan fingerprint density at radius 3 is 2.39 bits per heavy atom. The van der Waals surface area contributed by atoms with Gasteiger partial charge in [-0.2, -0.15) is 0 Å². The summed E-state index contributed by atoms with van der Waals surface area (Å²) in [6.45, 7) is 1.63. The van der Waals surface area contributed by atoms with Gasteiger partial charge in [0.15, 0.2) is 0 Å². The molecule has 122 valence electrons. The van der Waals surface area contributed by atoms with Gasteiger partial charge >= 0.3 is 0 Å². The van der Waals surface area contributed by atoms with Crippen LogP contribution in [-0.4, -0.2) is 20.5 Å². The maximum atomic E-state index is 12.3. The normalized spacial score (nSPS) is 11.2. The minimum Gasteiger partial charge on any atom is -0.497 e. The third-order valence-electron chi connectivity index (χ3n) is 3.31. The van der Waals surface area contributed by atoms with E-state index in [-0.39, 0.29) is 17.1 Å². The molecule has 0 aliphatic heterocycles. The highest BCUT2D eigenvalue weighted by Gasteiger charge is 2.19. The SMILES string of the molecule is COc1ccc(CNS(=O)(=O)c2ccc(C)c([N+](=O)[O-])c2)cc1. The molecule has 0 unspecified atom stereocenters. The van der Waals surface area contributed by atoms with Crippen LogP contribution in [0.1, 0.15) is 11.1 Å². The molecule has 2 rings (SSSR count). The standard InChI is InChI=1S/C15H16N2O5S/c1-11-3-8-14(9-15(11)17(18)19)23(20,21)16-10-12-4-6-13(22-2)7-5-12/h3-9,16H,10H2,1-2H3. The highest BCUT2D eigenvalue weighted by Crippen LogP contribution is 2.22. The van der Waals surface area contributed by atoms with Crippen molar-refractivity contribution < 1.29 is 18.1 Å². The smallest absolute Gasteiger partial charge is 0.273 e. The number of ether oxygens (including phenoxy) is 1. The Kier molecular flexibility index (Phi) is 4.97. The van der Waals surface area contributed by atoms with E-state index in [4.69, 9.17) is 4.74 Å². The molecule has 7 nitrogen and oxygen atoms in total. The molecule has 0 aliphatic rings. The van der Waals surface area contributed by atoms with Crippen molar-refractivity contribution in [1.29, 1.82) is 0 Å². The van der Waals surface area contributed by atoms with Gasteiger partial charge in [0, 0.05) is 18.2 Å². The number of rotatable bonds is 6. The molecule has 0 spiro atoms. The monoisotopic (exact) mass is 336 g/mol. The Morgan fingerprint density at radius 2 is 1.83 bits per heavy atom. The first-order chi connectivity index (χ1) is 10.8. The summed E-state index contributed by atoms with van der Waals surface area (Å²) in [5.41, 5.74) is 0.928. The second kappa shape index (κ2) is 6.76. The van der Waals surface area contributed by atoms with E-state index in [0.29, 0.717) is 11.3 Å². The molecule has 1 N–H and O–H groups in total. The summed E-state index contributed by atoms with van der Waals surface area (Å²) in [6.07, 6.45) is 0. The van der Waals surface area contributed by atoms with Crippen LogP contribution < -0.4 is 9.46 Å². The third-order valence-corrected chi connectivity index (χ3v) is 4.71. The van der Waals surface area contributed by atoms with Crippen LogP contribution in [0, 0.1) is 17.0 Å². The Labute approximate surface area is 134 Å². The molecule has 0 aliphatic carbocycles. The summed E-state index contributed by atoms with van der Waals surface area (Å²) < 4.78 is 32.0. The summed E-state index contributed by atoms with van der Waals surface area (Å²) in [7, 11) is -2.29. The summed E-state index contributed by atoms with van der Waals surface area (Å²) in [6, 6.07) is 10.7. The molecular formula is C15H16N2O5S. The molecule has 0 radical (unpaired) electrons. The quantitative estimate of drug-likeness (QED) is 0.645. The Bertz CT molecular complexity index is 816. The van der Waals surface area contributed by atoms with E-state index < -0.39 is 14.9 Å². The number of nitrogens with one attached hydrogen (secondary N) is 1. The van der Waals surface area contributed by atoms with Gasteiger partial charge in [0.05, 0.1) is 16.9 Å². The van der Waals surface area contributed by atoms with Crippen LogP contribution in [-0.2, 0) is 16.6 Å². The Morgan fingerprint density at radius 1 is 1.17 bits per heavy atom. The average Bonchev–Trinajstić information content (AvgIpc) is 2.53. The minimum atomic E-state index is -3.83. The zero-order valence-corrected chi connectivity index (χ0v) is 13.5. The predicted molar refractivity (Wildman–Crippen MR) is 84.9 cm³/mol. The maximum Gasteiger partial charge on any atom is 0.273 e. The van der Waals surface area contributed by atoms with Gasteiger partial charge in [0.25, 0.3) is 5.69 Å². The summed E-state index contributed by atoms with van der Waals surface area (Å²) >= 11 is 0. The number of nitrogens with zero attached hydrogens (tertiary/aromatic N) is 1. The molecule has 2 aromatic rings. The molecular weight excluding hydrogens is 320 g/mol. The van der Waals surface area contributed by atoms with Crippen molar-refractivity contribution in [3.63, 3.8) is 0 Å². The van der Waals surface area contributed by atoms with Crippen molar-refractivity contribution in [3.8, 4) is 5.75 Å². The minimum absolute atomic E-state index is 0.0774. The van der Waals surface area contributed by atoms with Crippen molar-refractivity contribution in [3.05, 3.63) is 63.7 Å². The first-order valence-electron chi connectivity index (χ1n) is 6.71. The second-order valence-electron chi connectivity index (χ2n) is 4.88. The number of sulfonamides is 1. The lowest BCUT2D eigenvalue weighted by atomic mass is 10.2. The fourth-order valence-electron chi connectivity index (χ4n) is 1.96. The highest BCUT2D eigenvalue weighted by atomic mass is 32.2. The summed E-state index contributed by atoms with van der Waals surface area (Å²) in [4.78, 5) is 10.2. The van der Waals surface area contributed by atoms with Crippen LogP contribution in [0.2, 0.25) is 0 Å². The number of methoxy groups -OCH3 is 1. The number of benzene rings is 2. The maximum absolute atomic E-state index is 12.3. The van der Waals surface area contributed by atoms with Gasteiger partial charge in [0.2, 0.25) is 10.0 Å². The molecule has 0 fully saturated rings. The van der Waals surface area contributed by atoms with Gasteiger partial charge in [-0.1, -0.05) is 18.2 Å². The van der Waals surface area contributed by atoms with Crippen LogP contribution in [0.5, 0.6) is 5.75 Å². The van der Waals surface area contributed by atoms with E-state index in [0.717, 1.165) is 11.6 Å². The van der Waals surface area contributed by atoms with Gasteiger partial charge in [-0.15, -0.1) is 0 Å². The van der Waals surface area contributed by atoms with Gasteiger partial charge in [-0.3, -0.25) is 10.1 Å². The van der Waals surface area contributed by atoms with E-state index in [1.165, 1.54) is 12.1 Å². The van der Waals surface area contributed by atoms with E-state index >= 15 is 0 Å². The van der Waals surface area contributed by atoms with Crippen molar-refractivity contribution in [1.82, 2.24) is 4.72 Å². The molecule has 23 heavy (non-hydrogen) atoms. The van der Waals surface area contributed by atoms with E-state index in [1.807, 2.05) is 0 Å². The Balaban J connectivity index is 2.18. The van der Waals surface area contributed by atoms with Crippen molar-refractivity contribution in [2.45, 2.75) is 18.4 Å². The van der Waals surface area contributed by atoms with E-state index in [1.54, 1.807) is 38.3 Å². The lowest BCUT2D eigenvalue weighted by Gasteiger charge is -2.08. The van der Waals surface area contributed by atoms with Gasteiger partial charge < -0.3 is 4.74 Å². The van der Waals surface area contributed by atoms with Crippen LogP contribution >= 0.6 is 0 Å². The molecule has 0 saturated carbocycles. The molecule has 8 heteroatoms. The van der Waals surface area contributed by atoms with Crippen LogP contribution in [0.4, 0.5) is 5.69 Å². The molecule has 0 atom stereocenters. The molecule has 0 bridgehead atoms. The van der Waals surface area contributed by atoms with Crippen LogP contribution in [0.3, 0.4) is 0 Å². The topological polar surface area (TPSA) is 98.5 Å². The Hall–Kier alpha value is -2.45. The molecule has 0 heterocycles. The zero-order chi connectivity index (χ0) is 17.0. The number of nitro benzene ring substituents is 1. The number of hydrogen-bond acceptors (Lipinski definition) is 5. The van der Waals surface area contributed by atoms with Crippen molar-refractivity contribution >= 4 is 15.7 Å². The lowest BCUT2D eigenvalue weighted by molar-refractivity contribution is -0.385. The van der Waals surface area contributed by atoms with Crippen LogP contribution in [0.15, 0.2) is 47.4 Å². The average molecular weight is 336 g/mol. The van der Waals surface area contributed by atoms with Gasteiger partial charge in [0.1, 0.15) is 5.75 Å². The first-order valence-corrected chi connectivity index (χ1v) is 8.19. The lowest BCUT2D eigenvalue weighted by Crippen LogP contribution is -2.23. The molecule has 2 aromatic carbocycles. The summed E-state index contributed by atoms with van der Waals surface area (Å²) in [5, 5.41) is 10.9. The fraction of sp³-hybridized carbons (Fsp3) is 0.200. The molecule has 0 aromatic heterocycles. The highest BCUT2D eigenvalue weighted by molar-refractivity contribution is 7.89. The second-order valence-corrected chi connectivity index (χ2v) is 6.64. The molecule has 0 amide bonds. The van der Waals surface area contributed by atoms with Crippen molar-refractivity contribution in [2.75, 3.05) is 7.11 Å². The third kappa shape index (κ3) is 4.05. The zero-order valence-electron chi connectivity index (χ0n) is 12.6. The van der Waals surface area contributed by atoms with Gasteiger partial charge in [-0.05, 0) is 30.7 Å². The van der Waals surface area contributed by atoms with Crippen LogP contribution in [0.25, 0.3) is 0 Å². The number of nitro groups is 1. The van der Waals surface area contributed by atoms with E-state index in [2.05, 4.69) is 4.72 Å². The molecule has 0 saturated heterocycles. The number of aryl methyl sites for hydroxylation is 1. The first kappa shape index (κ1) is 16.9. The van der Waals surface area contributed by atoms with Gasteiger partial charge in [-0.25, -0.2) is 13.1 Å². The summed E-state index contributed by atoms with van der Waals surface area (Å²) in [5.74, 6) is 0.672.